The van der Waals surface area contributed by atoms with Gasteiger partial charge in [0.25, 0.3) is 0 Å². The number of carbonyl (C=O) groups is 1. The molecule has 3 rings (SSSR count). The molecule has 1 aromatic carbocycles. The minimum absolute atomic E-state index is 0.144. The monoisotopic (exact) mass is 322 g/mol. The van der Waals surface area contributed by atoms with E-state index in [0.29, 0.717) is 6.42 Å². The fourth-order valence-electron chi connectivity index (χ4n) is 3.71. The Kier molecular flexibility index (Phi) is 4.49. The highest BCUT2D eigenvalue weighted by Crippen LogP contribution is 2.49. The number of carbonyl (C=O) groups excluding carboxylic acids is 1. The van der Waals surface area contributed by atoms with E-state index in [9.17, 15) is 4.79 Å². The maximum atomic E-state index is 12.8. The number of hydrogen-bond donors (Lipinski definition) is 0. The molecule has 0 bridgehead atoms. The van der Waals surface area contributed by atoms with Gasteiger partial charge < -0.3 is 4.74 Å². The third-order valence-corrected chi connectivity index (χ3v) is 4.92. The van der Waals surface area contributed by atoms with E-state index in [1.165, 1.54) is 11.1 Å². The van der Waals surface area contributed by atoms with Crippen LogP contribution in [0.15, 0.2) is 65.0 Å². The van der Waals surface area contributed by atoms with Crippen LogP contribution >= 0.6 is 0 Å². The summed E-state index contributed by atoms with van der Waals surface area (Å²) in [5, 5.41) is 0. The first-order valence-corrected chi connectivity index (χ1v) is 8.69. The Morgan fingerprint density at radius 3 is 2.67 bits per heavy atom. The lowest BCUT2D eigenvalue weighted by molar-refractivity contribution is -0.120. The molecule has 0 spiro atoms. The molecule has 0 saturated carbocycles. The van der Waals surface area contributed by atoms with Gasteiger partial charge in [0, 0.05) is 5.41 Å². The summed E-state index contributed by atoms with van der Waals surface area (Å²) in [5.74, 6) is 1.09. The molecule has 2 nitrogen and oxygen atoms in total. The summed E-state index contributed by atoms with van der Waals surface area (Å²) >= 11 is 0. The molecule has 126 valence electrons. The topological polar surface area (TPSA) is 26.3 Å². The van der Waals surface area contributed by atoms with Crippen molar-refractivity contribution in [1.29, 1.82) is 0 Å². The van der Waals surface area contributed by atoms with E-state index in [1.54, 1.807) is 0 Å². The lowest BCUT2D eigenvalue weighted by Gasteiger charge is -2.40. The van der Waals surface area contributed by atoms with Crippen molar-refractivity contribution >= 4 is 5.78 Å². The smallest absolute Gasteiger partial charge is 0.170 e. The molecule has 1 aliphatic heterocycles. The number of rotatable bonds is 3. The Morgan fingerprint density at radius 1 is 1.29 bits per heavy atom. The summed E-state index contributed by atoms with van der Waals surface area (Å²) in [4.78, 5) is 12.8. The maximum Gasteiger partial charge on any atom is 0.170 e. The summed E-state index contributed by atoms with van der Waals surface area (Å²) in [5.41, 5.74) is 4.28. The van der Waals surface area contributed by atoms with Crippen LogP contribution in [0.4, 0.5) is 0 Å². The number of hydrogen-bond acceptors (Lipinski definition) is 2. The first-order chi connectivity index (χ1) is 11.4. The fraction of sp³-hybridized carbons (Fsp3) is 0.409. The summed E-state index contributed by atoms with van der Waals surface area (Å²) in [6, 6.07) is 10.1. The van der Waals surface area contributed by atoms with Crippen molar-refractivity contribution in [3.8, 4) is 0 Å². The van der Waals surface area contributed by atoms with Crippen molar-refractivity contribution in [1.82, 2.24) is 0 Å². The molecule has 24 heavy (non-hydrogen) atoms. The van der Waals surface area contributed by atoms with Crippen LogP contribution in [-0.4, -0.2) is 5.78 Å². The van der Waals surface area contributed by atoms with E-state index in [-0.39, 0.29) is 17.3 Å². The second-order valence-corrected chi connectivity index (χ2v) is 7.60. The van der Waals surface area contributed by atoms with Crippen LogP contribution in [0.3, 0.4) is 0 Å². The zero-order valence-corrected chi connectivity index (χ0v) is 15.1. The van der Waals surface area contributed by atoms with Crippen molar-refractivity contribution in [3.05, 3.63) is 70.5 Å². The summed E-state index contributed by atoms with van der Waals surface area (Å²) in [7, 11) is 0. The predicted octanol–water partition coefficient (Wildman–Crippen LogP) is 5.68. The van der Waals surface area contributed by atoms with Crippen LogP contribution in [0, 0.1) is 5.41 Å². The largest absolute Gasteiger partial charge is 0.488 e. The van der Waals surface area contributed by atoms with Gasteiger partial charge in [0.15, 0.2) is 5.78 Å². The Labute approximate surface area is 144 Å². The van der Waals surface area contributed by atoms with Crippen LogP contribution in [0.2, 0.25) is 0 Å². The number of Topliss-reactive ketones (excluding diaryl/α,β-unsaturated/α-hetero) is 1. The molecule has 0 radical (unpaired) electrons. The van der Waals surface area contributed by atoms with E-state index in [1.807, 2.05) is 36.4 Å². The minimum Gasteiger partial charge on any atom is -0.488 e. The molecule has 2 atom stereocenters. The lowest BCUT2D eigenvalue weighted by atomic mass is 9.71. The molecule has 2 aliphatic rings. The molecule has 0 amide bonds. The molecular formula is C22H26O2. The van der Waals surface area contributed by atoms with Crippen molar-refractivity contribution < 1.29 is 9.53 Å². The van der Waals surface area contributed by atoms with Gasteiger partial charge in [0.1, 0.15) is 11.9 Å². The molecule has 1 heterocycles. The second-order valence-electron chi connectivity index (χ2n) is 7.60. The molecule has 0 aromatic heterocycles. The lowest BCUT2D eigenvalue weighted by Crippen LogP contribution is -2.32. The average Bonchev–Trinajstić information content (AvgIpc) is 2.55. The third kappa shape index (κ3) is 3.24. The standard InChI is InChI=1S/C22H26O2/c1-15(2)10-11-22(4)14-16(3)12-18-19(23)13-20(24-21(18)22)17-8-6-5-7-9-17/h5-10,12,20H,11,13-14H2,1-4H3. The average molecular weight is 322 g/mol. The number of allylic oxidation sites excluding steroid dienone is 6. The van der Waals surface area contributed by atoms with Crippen molar-refractivity contribution in [2.24, 2.45) is 5.41 Å². The zero-order valence-electron chi connectivity index (χ0n) is 15.1. The number of ketones is 1. The van der Waals surface area contributed by atoms with Crippen molar-refractivity contribution in [2.45, 2.75) is 53.1 Å². The van der Waals surface area contributed by atoms with E-state index in [0.717, 1.165) is 29.7 Å². The Balaban J connectivity index is 2.00. The summed E-state index contributed by atoms with van der Waals surface area (Å²) in [6.07, 6.45) is 6.37. The van der Waals surface area contributed by atoms with Crippen LogP contribution < -0.4 is 0 Å². The van der Waals surface area contributed by atoms with Gasteiger partial charge in [0.05, 0.1) is 12.0 Å². The molecule has 2 unspecified atom stereocenters. The summed E-state index contributed by atoms with van der Waals surface area (Å²) < 4.78 is 6.43. The van der Waals surface area contributed by atoms with Crippen LogP contribution in [0.5, 0.6) is 0 Å². The Hall–Kier alpha value is -2.09. The van der Waals surface area contributed by atoms with Crippen molar-refractivity contribution in [2.75, 3.05) is 0 Å². The van der Waals surface area contributed by atoms with E-state index in [4.69, 9.17) is 4.74 Å². The molecule has 0 saturated heterocycles. The van der Waals surface area contributed by atoms with Gasteiger partial charge in [-0.05, 0) is 45.3 Å². The molecule has 0 N–H and O–H groups in total. The molecule has 2 heteroatoms. The van der Waals surface area contributed by atoms with Gasteiger partial charge in [0.2, 0.25) is 0 Å². The zero-order chi connectivity index (χ0) is 17.3. The first kappa shape index (κ1) is 16.8. The van der Waals surface area contributed by atoms with Gasteiger partial charge in [-0.3, -0.25) is 4.79 Å². The second kappa shape index (κ2) is 6.43. The van der Waals surface area contributed by atoms with Crippen molar-refractivity contribution in [3.63, 3.8) is 0 Å². The highest BCUT2D eigenvalue weighted by molar-refractivity contribution is 6.00. The van der Waals surface area contributed by atoms with Crippen LogP contribution in [-0.2, 0) is 9.53 Å². The Bertz CT molecular complexity index is 732. The SMILES string of the molecule is CC(C)=CCC1(C)CC(C)=CC2=C1OC(c1ccccc1)CC2=O. The van der Waals surface area contributed by atoms with Gasteiger partial charge in [-0.25, -0.2) is 0 Å². The minimum atomic E-state index is -0.171. The predicted molar refractivity (Wildman–Crippen MR) is 97.4 cm³/mol. The normalized spacial score (nSPS) is 26.4. The molecule has 0 fully saturated rings. The number of benzene rings is 1. The van der Waals surface area contributed by atoms with Gasteiger partial charge >= 0.3 is 0 Å². The van der Waals surface area contributed by atoms with Crippen LogP contribution in [0.25, 0.3) is 0 Å². The van der Waals surface area contributed by atoms with Crippen LogP contribution in [0.1, 0.15) is 58.6 Å². The third-order valence-electron chi connectivity index (χ3n) is 4.92. The molecule has 1 aromatic rings. The molecular weight excluding hydrogens is 296 g/mol. The fourth-order valence-corrected chi connectivity index (χ4v) is 3.71. The first-order valence-electron chi connectivity index (χ1n) is 8.69. The van der Waals surface area contributed by atoms with E-state index < -0.39 is 0 Å². The highest BCUT2D eigenvalue weighted by Gasteiger charge is 2.41. The summed E-state index contributed by atoms with van der Waals surface area (Å²) in [6.45, 7) is 8.56. The van der Waals surface area contributed by atoms with Gasteiger partial charge in [-0.2, -0.15) is 0 Å². The quantitative estimate of drug-likeness (QED) is 0.669. The highest BCUT2D eigenvalue weighted by atomic mass is 16.5. The van der Waals surface area contributed by atoms with E-state index in [2.05, 4.69) is 33.8 Å². The maximum absolute atomic E-state index is 12.8. The molecule has 1 aliphatic carbocycles. The van der Waals surface area contributed by atoms with E-state index >= 15 is 0 Å². The van der Waals surface area contributed by atoms with Gasteiger partial charge in [-0.15, -0.1) is 0 Å². The van der Waals surface area contributed by atoms with Gasteiger partial charge in [-0.1, -0.05) is 54.5 Å². The Morgan fingerprint density at radius 2 is 2.00 bits per heavy atom. The number of ether oxygens (including phenoxy) is 1.